The zero-order chi connectivity index (χ0) is 22.4. The van der Waals surface area contributed by atoms with Crippen molar-refractivity contribution in [1.82, 2.24) is 9.97 Å². The number of rotatable bonds is 7. The molecule has 2 aromatic heterocycles. The largest absolute Gasteiger partial charge is 0.359 e. The SMILES string of the molecule is CN(CCc1ccccn1)c1ccc(CN(C(=O)C(C)(C)C)c2ccc(F)cc2)cn1. The second-order valence-corrected chi connectivity index (χ2v) is 8.63. The van der Waals surface area contributed by atoms with Gasteiger partial charge in [-0.2, -0.15) is 0 Å². The molecule has 0 saturated carbocycles. The second-order valence-electron chi connectivity index (χ2n) is 8.63. The van der Waals surface area contributed by atoms with E-state index in [4.69, 9.17) is 0 Å². The fourth-order valence-electron chi connectivity index (χ4n) is 3.17. The number of amides is 1. The summed E-state index contributed by atoms with van der Waals surface area (Å²) < 4.78 is 13.4. The molecule has 0 fully saturated rings. The van der Waals surface area contributed by atoms with Gasteiger partial charge in [0.2, 0.25) is 5.91 Å². The van der Waals surface area contributed by atoms with E-state index in [1.54, 1.807) is 29.4 Å². The van der Waals surface area contributed by atoms with Crippen molar-refractivity contribution in [3.63, 3.8) is 0 Å². The van der Waals surface area contributed by atoms with Crippen LogP contribution in [0.25, 0.3) is 0 Å². The van der Waals surface area contributed by atoms with E-state index < -0.39 is 5.41 Å². The summed E-state index contributed by atoms with van der Waals surface area (Å²) in [7, 11) is 2.00. The smallest absolute Gasteiger partial charge is 0.232 e. The van der Waals surface area contributed by atoms with E-state index >= 15 is 0 Å². The summed E-state index contributed by atoms with van der Waals surface area (Å²) >= 11 is 0. The first-order valence-corrected chi connectivity index (χ1v) is 10.4. The third-order valence-corrected chi connectivity index (χ3v) is 5.00. The van der Waals surface area contributed by atoms with Crippen LogP contribution in [0.15, 0.2) is 67.0 Å². The van der Waals surface area contributed by atoms with Gasteiger partial charge >= 0.3 is 0 Å². The molecule has 0 saturated heterocycles. The molecule has 1 amide bonds. The van der Waals surface area contributed by atoms with Gasteiger partial charge < -0.3 is 9.80 Å². The van der Waals surface area contributed by atoms with Crippen LogP contribution in [0.1, 0.15) is 32.0 Å². The first-order chi connectivity index (χ1) is 14.7. The van der Waals surface area contributed by atoms with Crippen LogP contribution in [-0.4, -0.2) is 29.5 Å². The number of pyridine rings is 2. The molecule has 0 radical (unpaired) electrons. The van der Waals surface area contributed by atoms with E-state index in [1.165, 1.54) is 12.1 Å². The molecule has 3 aromatic rings. The Morgan fingerprint density at radius 2 is 1.74 bits per heavy atom. The Kier molecular flexibility index (Phi) is 7.00. The average Bonchev–Trinajstić information content (AvgIpc) is 2.76. The van der Waals surface area contributed by atoms with Gasteiger partial charge in [-0.1, -0.05) is 32.9 Å². The van der Waals surface area contributed by atoms with Crippen LogP contribution in [0.2, 0.25) is 0 Å². The van der Waals surface area contributed by atoms with Crippen LogP contribution in [-0.2, 0) is 17.8 Å². The molecule has 0 atom stereocenters. The van der Waals surface area contributed by atoms with Crippen LogP contribution in [0.4, 0.5) is 15.9 Å². The van der Waals surface area contributed by atoms with Crippen molar-refractivity contribution in [1.29, 1.82) is 0 Å². The maximum atomic E-state index is 13.4. The van der Waals surface area contributed by atoms with E-state index in [9.17, 15) is 9.18 Å². The fraction of sp³-hybridized carbons (Fsp3) is 0.320. The average molecular weight is 421 g/mol. The lowest BCUT2D eigenvalue weighted by Crippen LogP contribution is -2.39. The number of likely N-dealkylation sites (N-methyl/N-ethyl adjacent to an activating group) is 1. The quantitative estimate of drug-likeness (QED) is 0.547. The van der Waals surface area contributed by atoms with Gasteiger partial charge in [0.15, 0.2) is 0 Å². The Morgan fingerprint density at radius 3 is 2.32 bits per heavy atom. The minimum absolute atomic E-state index is 0.0318. The minimum atomic E-state index is -0.562. The van der Waals surface area contributed by atoms with E-state index in [2.05, 4.69) is 14.9 Å². The van der Waals surface area contributed by atoms with Gasteiger partial charge in [0, 0.05) is 49.2 Å². The minimum Gasteiger partial charge on any atom is -0.359 e. The molecule has 5 nitrogen and oxygen atoms in total. The van der Waals surface area contributed by atoms with Gasteiger partial charge in [0.1, 0.15) is 11.6 Å². The van der Waals surface area contributed by atoms with Crippen LogP contribution in [0.3, 0.4) is 0 Å². The van der Waals surface area contributed by atoms with Crippen LogP contribution in [0.5, 0.6) is 0 Å². The number of anilines is 2. The van der Waals surface area contributed by atoms with Crippen LogP contribution < -0.4 is 9.80 Å². The molecule has 0 aliphatic rings. The molecule has 6 heteroatoms. The Bertz CT molecular complexity index is 983. The molecule has 0 unspecified atom stereocenters. The van der Waals surface area contributed by atoms with Gasteiger partial charge in [-0.25, -0.2) is 9.37 Å². The third kappa shape index (κ3) is 6.10. The number of carbonyl (C=O) groups excluding carboxylic acids is 1. The number of hydrogen-bond acceptors (Lipinski definition) is 4. The Labute approximate surface area is 183 Å². The first kappa shape index (κ1) is 22.4. The van der Waals surface area contributed by atoms with Crippen molar-refractivity contribution in [2.45, 2.75) is 33.7 Å². The molecular weight excluding hydrogens is 391 g/mol. The summed E-state index contributed by atoms with van der Waals surface area (Å²) in [6.07, 6.45) is 4.42. The summed E-state index contributed by atoms with van der Waals surface area (Å²) in [5, 5.41) is 0. The molecule has 1 aromatic carbocycles. The monoisotopic (exact) mass is 420 g/mol. The number of aromatic nitrogens is 2. The Morgan fingerprint density at radius 1 is 1.00 bits per heavy atom. The van der Waals surface area contributed by atoms with Crippen molar-refractivity contribution >= 4 is 17.4 Å². The molecule has 31 heavy (non-hydrogen) atoms. The summed E-state index contributed by atoms with van der Waals surface area (Å²) in [6.45, 7) is 6.80. The molecule has 2 heterocycles. The Hall–Kier alpha value is -3.28. The van der Waals surface area contributed by atoms with Gasteiger partial charge in [0.25, 0.3) is 0 Å². The molecular formula is C25H29FN4O. The normalized spacial score (nSPS) is 11.3. The van der Waals surface area contributed by atoms with E-state index in [0.29, 0.717) is 12.2 Å². The molecule has 0 aliphatic heterocycles. The third-order valence-electron chi connectivity index (χ3n) is 5.00. The van der Waals surface area contributed by atoms with Gasteiger partial charge in [-0.15, -0.1) is 0 Å². The number of benzene rings is 1. The maximum Gasteiger partial charge on any atom is 0.232 e. The molecule has 0 bridgehead atoms. The van der Waals surface area contributed by atoms with Crippen molar-refractivity contribution in [3.05, 3.63) is 84.1 Å². The van der Waals surface area contributed by atoms with Crippen LogP contribution >= 0.6 is 0 Å². The lowest BCUT2D eigenvalue weighted by atomic mass is 9.94. The molecule has 162 valence electrons. The summed E-state index contributed by atoms with van der Waals surface area (Å²) in [6, 6.07) is 15.9. The van der Waals surface area contributed by atoms with Gasteiger partial charge in [0.05, 0.1) is 6.54 Å². The van der Waals surface area contributed by atoms with Crippen molar-refractivity contribution in [3.8, 4) is 0 Å². The standard InChI is InChI=1S/C25H29FN4O/c1-25(2,3)24(31)30(22-11-9-20(26)10-12-22)18-19-8-13-23(28-17-19)29(4)16-14-21-7-5-6-15-27-21/h5-13,15,17H,14,16,18H2,1-4H3. The summed E-state index contributed by atoms with van der Waals surface area (Å²) in [5.74, 6) is 0.498. The number of nitrogens with zero attached hydrogens (tertiary/aromatic N) is 4. The van der Waals surface area contributed by atoms with Crippen molar-refractivity contribution in [2.24, 2.45) is 5.41 Å². The van der Waals surface area contributed by atoms with Crippen molar-refractivity contribution < 1.29 is 9.18 Å². The Balaban J connectivity index is 1.71. The van der Waals surface area contributed by atoms with E-state index in [1.807, 2.05) is 58.2 Å². The zero-order valence-corrected chi connectivity index (χ0v) is 18.5. The predicted octanol–water partition coefficient (Wildman–Crippen LogP) is 4.87. The highest BCUT2D eigenvalue weighted by atomic mass is 19.1. The summed E-state index contributed by atoms with van der Waals surface area (Å²) in [4.78, 5) is 25.7. The lowest BCUT2D eigenvalue weighted by Gasteiger charge is -2.30. The number of hydrogen-bond donors (Lipinski definition) is 0. The second kappa shape index (κ2) is 9.69. The predicted molar refractivity (Wildman–Crippen MR) is 122 cm³/mol. The highest BCUT2D eigenvalue weighted by molar-refractivity contribution is 5.96. The number of carbonyl (C=O) groups is 1. The molecule has 3 rings (SSSR count). The zero-order valence-electron chi connectivity index (χ0n) is 18.5. The molecule has 0 aliphatic carbocycles. The molecule has 0 spiro atoms. The van der Waals surface area contributed by atoms with E-state index in [0.717, 1.165) is 30.0 Å². The maximum absolute atomic E-state index is 13.4. The summed E-state index contributed by atoms with van der Waals surface area (Å²) in [5.41, 5.74) is 2.05. The lowest BCUT2D eigenvalue weighted by molar-refractivity contribution is -0.125. The fourth-order valence-corrected chi connectivity index (χ4v) is 3.17. The highest BCUT2D eigenvalue weighted by Gasteiger charge is 2.28. The van der Waals surface area contributed by atoms with Crippen LogP contribution in [0, 0.1) is 11.2 Å². The van der Waals surface area contributed by atoms with E-state index in [-0.39, 0.29) is 11.7 Å². The molecule has 0 N–H and O–H groups in total. The van der Waals surface area contributed by atoms with Crippen molar-refractivity contribution in [2.75, 3.05) is 23.4 Å². The van der Waals surface area contributed by atoms with Gasteiger partial charge in [-0.3, -0.25) is 9.78 Å². The van der Waals surface area contributed by atoms with Gasteiger partial charge in [-0.05, 0) is 48.0 Å². The first-order valence-electron chi connectivity index (χ1n) is 10.4. The number of halogens is 1. The highest BCUT2D eigenvalue weighted by Crippen LogP contribution is 2.26. The topological polar surface area (TPSA) is 49.3 Å².